The van der Waals surface area contributed by atoms with Crippen LogP contribution in [0, 0.1) is 0 Å². The molecule has 2 saturated heterocycles. The van der Waals surface area contributed by atoms with Gasteiger partial charge < -0.3 is 19.7 Å². The molecule has 0 radical (unpaired) electrons. The van der Waals surface area contributed by atoms with Crippen LogP contribution in [-0.4, -0.2) is 48.8 Å². The van der Waals surface area contributed by atoms with E-state index in [1.807, 2.05) is 4.90 Å². The third-order valence-electron chi connectivity index (χ3n) is 4.11. The summed E-state index contributed by atoms with van der Waals surface area (Å²) in [6.45, 7) is 5.28. The van der Waals surface area contributed by atoms with Gasteiger partial charge in [0, 0.05) is 17.8 Å². The SMILES string of the molecule is C=CC(=O)Nc1ccc(C(=O)N2CCCC2C2OCCO2)cc1. The van der Waals surface area contributed by atoms with Crippen molar-refractivity contribution >= 4 is 17.5 Å². The highest BCUT2D eigenvalue weighted by molar-refractivity contribution is 5.99. The monoisotopic (exact) mass is 316 g/mol. The van der Waals surface area contributed by atoms with Crippen molar-refractivity contribution in [2.45, 2.75) is 25.2 Å². The van der Waals surface area contributed by atoms with Gasteiger partial charge in [-0.15, -0.1) is 0 Å². The number of amides is 2. The first-order valence-corrected chi connectivity index (χ1v) is 7.76. The Kier molecular flexibility index (Phi) is 4.73. The van der Waals surface area contributed by atoms with Crippen molar-refractivity contribution in [3.8, 4) is 0 Å². The van der Waals surface area contributed by atoms with Crippen molar-refractivity contribution in [2.24, 2.45) is 0 Å². The average molecular weight is 316 g/mol. The normalized spacial score (nSPS) is 21.4. The summed E-state index contributed by atoms with van der Waals surface area (Å²) in [7, 11) is 0. The number of hydrogen-bond donors (Lipinski definition) is 1. The van der Waals surface area contributed by atoms with Gasteiger partial charge in [0.15, 0.2) is 6.29 Å². The Morgan fingerprint density at radius 3 is 2.57 bits per heavy atom. The van der Waals surface area contributed by atoms with Crippen molar-refractivity contribution in [1.82, 2.24) is 4.90 Å². The predicted molar refractivity (Wildman–Crippen MR) is 85.0 cm³/mol. The molecule has 1 atom stereocenters. The molecule has 2 fully saturated rings. The Morgan fingerprint density at radius 1 is 1.22 bits per heavy atom. The summed E-state index contributed by atoms with van der Waals surface area (Å²) in [5.74, 6) is -0.313. The number of carbonyl (C=O) groups excluding carboxylic acids is 2. The zero-order valence-electron chi connectivity index (χ0n) is 12.9. The van der Waals surface area contributed by atoms with Gasteiger partial charge in [-0.05, 0) is 43.2 Å². The van der Waals surface area contributed by atoms with E-state index in [9.17, 15) is 9.59 Å². The van der Waals surface area contributed by atoms with Crippen LogP contribution in [0.15, 0.2) is 36.9 Å². The first-order valence-electron chi connectivity index (χ1n) is 7.76. The number of likely N-dealkylation sites (tertiary alicyclic amines) is 1. The molecule has 6 nitrogen and oxygen atoms in total. The maximum Gasteiger partial charge on any atom is 0.254 e. The molecule has 0 aliphatic carbocycles. The molecule has 0 saturated carbocycles. The van der Waals surface area contributed by atoms with E-state index < -0.39 is 0 Å². The zero-order chi connectivity index (χ0) is 16.2. The molecule has 2 aliphatic heterocycles. The molecule has 3 rings (SSSR count). The van der Waals surface area contributed by atoms with E-state index >= 15 is 0 Å². The Morgan fingerprint density at radius 2 is 1.91 bits per heavy atom. The summed E-state index contributed by atoms with van der Waals surface area (Å²) < 4.78 is 11.1. The van der Waals surface area contributed by atoms with Gasteiger partial charge in [0.2, 0.25) is 5.91 Å². The molecule has 6 heteroatoms. The average Bonchev–Trinajstić information content (AvgIpc) is 3.25. The molecule has 23 heavy (non-hydrogen) atoms. The molecular formula is C17H20N2O4. The number of anilines is 1. The second kappa shape index (κ2) is 6.93. The third kappa shape index (κ3) is 3.43. The van der Waals surface area contributed by atoms with E-state index in [0.29, 0.717) is 31.0 Å². The lowest BCUT2D eigenvalue weighted by atomic mass is 10.1. The number of nitrogens with zero attached hydrogens (tertiary/aromatic N) is 1. The maximum absolute atomic E-state index is 12.7. The van der Waals surface area contributed by atoms with Crippen LogP contribution in [0.25, 0.3) is 0 Å². The first kappa shape index (κ1) is 15.7. The molecule has 1 aromatic carbocycles. The summed E-state index contributed by atoms with van der Waals surface area (Å²) in [6, 6.07) is 6.83. The quantitative estimate of drug-likeness (QED) is 0.860. The highest BCUT2D eigenvalue weighted by Gasteiger charge is 2.38. The van der Waals surface area contributed by atoms with Gasteiger partial charge in [-0.2, -0.15) is 0 Å². The van der Waals surface area contributed by atoms with Gasteiger partial charge in [0.1, 0.15) is 0 Å². The molecule has 2 aliphatic rings. The Bertz CT molecular complexity index is 593. The lowest BCUT2D eigenvalue weighted by Gasteiger charge is -2.28. The summed E-state index contributed by atoms with van der Waals surface area (Å²) in [6.07, 6.45) is 2.74. The molecule has 0 bridgehead atoms. The minimum Gasteiger partial charge on any atom is -0.348 e. The molecule has 122 valence electrons. The second-order valence-corrected chi connectivity index (χ2v) is 5.59. The van der Waals surface area contributed by atoms with E-state index in [1.165, 1.54) is 6.08 Å². The van der Waals surface area contributed by atoms with Crippen molar-refractivity contribution in [3.05, 3.63) is 42.5 Å². The highest BCUT2D eigenvalue weighted by Crippen LogP contribution is 2.26. The fraction of sp³-hybridized carbons (Fsp3) is 0.412. The number of nitrogens with one attached hydrogen (secondary N) is 1. The number of carbonyl (C=O) groups is 2. The van der Waals surface area contributed by atoms with Crippen molar-refractivity contribution in [3.63, 3.8) is 0 Å². The van der Waals surface area contributed by atoms with Crippen LogP contribution in [0.5, 0.6) is 0 Å². The van der Waals surface area contributed by atoms with E-state index in [1.54, 1.807) is 24.3 Å². The third-order valence-corrected chi connectivity index (χ3v) is 4.11. The van der Waals surface area contributed by atoms with Crippen LogP contribution < -0.4 is 5.32 Å². The van der Waals surface area contributed by atoms with Gasteiger partial charge in [-0.25, -0.2) is 0 Å². The number of ether oxygens (including phenoxy) is 2. The van der Waals surface area contributed by atoms with E-state index in [4.69, 9.17) is 9.47 Å². The van der Waals surface area contributed by atoms with Crippen LogP contribution in [0.2, 0.25) is 0 Å². The second-order valence-electron chi connectivity index (χ2n) is 5.59. The van der Waals surface area contributed by atoms with E-state index in [2.05, 4.69) is 11.9 Å². The minimum atomic E-state index is -0.312. The summed E-state index contributed by atoms with van der Waals surface area (Å²) >= 11 is 0. The van der Waals surface area contributed by atoms with Gasteiger partial charge in [0.25, 0.3) is 5.91 Å². The fourth-order valence-corrected chi connectivity index (χ4v) is 2.98. The Balaban J connectivity index is 1.69. The van der Waals surface area contributed by atoms with Crippen molar-refractivity contribution in [1.29, 1.82) is 0 Å². The van der Waals surface area contributed by atoms with Gasteiger partial charge >= 0.3 is 0 Å². The molecule has 1 N–H and O–H groups in total. The highest BCUT2D eigenvalue weighted by atomic mass is 16.7. The largest absolute Gasteiger partial charge is 0.348 e. The molecule has 1 aromatic rings. The first-order chi connectivity index (χ1) is 11.2. The van der Waals surface area contributed by atoms with Crippen LogP contribution in [-0.2, 0) is 14.3 Å². The number of rotatable bonds is 4. The van der Waals surface area contributed by atoms with E-state index in [0.717, 1.165) is 12.8 Å². The minimum absolute atomic E-state index is 0.0230. The van der Waals surface area contributed by atoms with Gasteiger partial charge in [0.05, 0.1) is 19.3 Å². The van der Waals surface area contributed by atoms with Crippen LogP contribution >= 0.6 is 0 Å². The smallest absolute Gasteiger partial charge is 0.254 e. The number of benzene rings is 1. The van der Waals surface area contributed by atoms with Crippen molar-refractivity contribution in [2.75, 3.05) is 25.1 Å². The predicted octanol–water partition coefficient (Wildman–Crippen LogP) is 1.79. The molecule has 0 aromatic heterocycles. The number of hydrogen-bond acceptors (Lipinski definition) is 4. The van der Waals surface area contributed by atoms with Crippen LogP contribution in [0.3, 0.4) is 0 Å². The standard InChI is InChI=1S/C17H20N2O4/c1-2-15(20)18-13-7-5-12(6-8-13)16(21)19-9-3-4-14(19)17-22-10-11-23-17/h2,5-8,14,17H,1,3-4,9-11H2,(H,18,20). The Labute approximate surface area is 135 Å². The fourth-order valence-electron chi connectivity index (χ4n) is 2.98. The summed E-state index contributed by atoms with van der Waals surface area (Å²) in [5.41, 5.74) is 1.22. The van der Waals surface area contributed by atoms with Crippen LogP contribution in [0.4, 0.5) is 5.69 Å². The Hall–Kier alpha value is -2.18. The zero-order valence-corrected chi connectivity index (χ0v) is 12.9. The lowest BCUT2D eigenvalue weighted by Crippen LogP contribution is -2.43. The molecule has 0 spiro atoms. The molecule has 1 unspecified atom stereocenters. The molecular weight excluding hydrogens is 296 g/mol. The molecule has 2 heterocycles. The topological polar surface area (TPSA) is 67.9 Å². The summed E-state index contributed by atoms with van der Waals surface area (Å²) in [5, 5.41) is 2.66. The van der Waals surface area contributed by atoms with Gasteiger partial charge in [-0.1, -0.05) is 6.58 Å². The summed E-state index contributed by atoms with van der Waals surface area (Å²) in [4.78, 5) is 25.8. The maximum atomic E-state index is 12.7. The van der Waals surface area contributed by atoms with Crippen LogP contribution in [0.1, 0.15) is 23.2 Å². The molecule has 2 amide bonds. The van der Waals surface area contributed by atoms with Crippen molar-refractivity contribution < 1.29 is 19.1 Å². The lowest BCUT2D eigenvalue weighted by molar-refractivity contribution is -0.111. The van der Waals surface area contributed by atoms with Gasteiger partial charge in [-0.3, -0.25) is 9.59 Å². The van der Waals surface area contributed by atoms with E-state index in [-0.39, 0.29) is 24.1 Å².